The van der Waals surface area contributed by atoms with Crippen molar-refractivity contribution in [3.63, 3.8) is 0 Å². The SMILES string of the molecule is CCN(CC)Cc1c(O)c(=O)cc(CO)n1Cc1ccco1. The van der Waals surface area contributed by atoms with Crippen LogP contribution >= 0.6 is 0 Å². The summed E-state index contributed by atoms with van der Waals surface area (Å²) < 4.78 is 7.09. The summed E-state index contributed by atoms with van der Waals surface area (Å²) in [6.45, 7) is 6.15. The highest BCUT2D eigenvalue weighted by atomic mass is 16.3. The fraction of sp³-hybridized carbons (Fsp3) is 0.438. The monoisotopic (exact) mass is 306 g/mol. The molecule has 0 saturated heterocycles. The van der Waals surface area contributed by atoms with E-state index in [4.69, 9.17) is 4.42 Å². The van der Waals surface area contributed by atoms with Crippen LogP contribution in [0, 0.1) is 0 Å². The summed E-state index contributed by atoms with van der Waals surface area (Å²) in [7, 11) is 0. The van der Waals surface area contributed by atoms with Gasteiger partial charge in [-0.1, -0.05) is 13.8 Å². The Morgan fingerprint density at radius 1 is 1.32 bits per heavy atom. The summed E-state index contributed by atoms with van der Waals surface area (Å²) in [6.07, 6.45) is 1.57. The molecular formula is C16H22N2O4. The number of rotatable bonds is 7. The van der Waals surface area contributed by atoms with Gasteiger partial charge in [-0.25, -0.2) is 0 Å². The van der Waals surface area contributed by atoms with E-state index >= 15 is 0 Å². The number of hydrogen-bond acceptors (Lipinski definition) is 5. The van der Waals surface area contributed by atoms with Crippen LogP contribution in [0.25, 0.3) is 0 Å². The number of hydrogen-bond donors (Lipinski definition) is 2. The molecule has 2 aromatic rings. The zero-order valence-corrected chi connectivity index (χ0v) is 13.0. The second-order valence-corrected chi connectivity index (χ2v) is 5.08. The Hall–Kier alpha value is -2.05. The first-order chi connectivity index (χ1) is 10.6. The van der Waals surface area contributed by atoms with Crippen molar-refractivity contribution in [1.29, 1.82) is 0 Å². The van der Waals surface area contributed by atoms with Crippen molar-refractivity contribution in [3.05, 3.63) is 51.8 Å². The molecule has 2 aromatic heterocycles. The van der Waals surface area contributed by atoms with Gasteiger partial charge in [0, 0.05) is 18.3 Å². The van der Waals surface area contributed by atoms with Crippen molar-refractivity contribution in [1.82, 2.24) is 9.47 Å². The Balaban J connectivity index is 2.51. The molecule has 0 amide bonds. The summed E-state index contributed by atoms with van der Waals surface area (Å²) in [5.74, 6) is 0.425. The van der Waals surface area contributed by atoms with E-state index in [9.17, 15) is 15.0 Å². The number of aromatic hydroxyl groups is 1. The minimum Gasteiger partial charge on any atom is -0.503 e. The fourth-order valence-corrected chi connectivity index (χ4v) is 2.45. The maximum atomic E-state index is 11.9. The Morgan fingerprint density at radius 3 is 2.59 bits per heavy atom. The van der Waals surface area contributed by atoms with Crippen LogP contribution in [-0.4, -0.2) is 32.8 Å². The van der Waals surface area contributed by atoms with E-state index in [-0.39, 0.29) is 12.4 Å². The van der Waals surface area contributed by atoms with Crippen LogP contribution in [-0.2, 0) is 19.7 Å². The van der Waals surface area contributed by atoms with Gasteiger partial charge in [0.1, 0.15) is 5.76 Å². The van der Waals surface area contributed by atoms with Gasteiger partial charge in [-0.2, -0.15) is 0 Å². The van der Waals surface area contributed by atoms with E-state index in [0.29, 0.717) is 30.2 Å². The van der Waals surface area contributed by atoms with Crippen LogP contribution in [0.2, 0.25) is 0 Å². The van der Waals surface area contributed by atoms with Crippen molar-refractivity contribution in [3.8, 4) is 5.75 Å². The Labute approximate surface area is 129 Å². The van der Waals surface area contributed by atoms with Crippen molar-refractivity contribution < 1.29 is 14.6 Å². The molecule has 0 fully saturated rings. The Morgan fingerprint density at radius 2 is 2.05 bits per heavy atom. The molecule has 0 bridgehead atoms. The third-order valence-electron chi connectivity index (χ3n) is 3.80. The van der Waals surface area contributed by atoms with Crippen LogP contribution < -0.4 is 5.43 Å². The number of nitrogens with zero attached hydrogens (tertiary/aromatic N) is 2. The van der Waals surface area contributed by atoms with E-state index < -0.39 is 5.43 Å². The molecule has 6 nitrogen and oxygen atoms in total. The average Bonchev–Trinajstić information content (AvgIpc) is 3.03. The molecule has 0 atom stereocenters. The van der Waals surface area contributed by atoms with Crippen LogP contribution in [0.3, 0.4) is 0 Å². The molecule has 120 valence electrons. The fourth-order valence-electron chi connectivity index (χ4n) is 2.45. The third kappa shape index (κ3) is 3.40. The van der Waals surface area contributed by atoms with Gasteiger partial charge in [0.15, 0.2) is 5.75 Å². The van der Waals surface area contributed by atoms with Crippen molar-refractivity contribution in [2.75, 3.05) is 13.1 Å². The number of furan rings is 1. The molecule has 0 spiro atoms. The molecule has 0 aliphatic carbocycles. The molecule has 0 aliphatic heterocycles. The topological polar surface area (TPSA) is 78.8 Å². The molecule has 2 rings (SSSR count). The normalized spacial score (nSPS) is 11.3. The molecule has 0 aromatic carbocycles. The summed E-state index contributed by atoms with van der Waals surface area (Å²) in [5.41, 5.74) is 0.486. The Bertz CT molecular complexity index is 658. The first-order valence-electron chi connectivity index (χ1n) is 7.40. The highest BCUT2D eigenvalue weighted by molar-refractivity contribution is 5.30. The van der Waals surface area contributed by atoms with Crippen molar-refractivity contribution >= 4 is 0 Å². The molecule has 0 aliphatic rings. The lowest BCUT2D eigenvalue weighted by Crippen LogP contribution is -2.27. The largest absolute Gasteiger partial charge is 0.503 e. The standard InChI is InChI=1S/C16H22N2O4/c1-3-17(4-2)10-14-16(21)15(20)8-12(11-19)18(14)9-13-6-5-7-22-13/h5-8,19,21H,3-4,9-11H2,1-2H3. The quantitative estimate of drug-likeness (QED) is 0.811. The second-order valence-electron chi connectivity index (χ2n) is 5.08. The van der Waals surface area contributed by atoms with Crippen molar-refractivity contribution in [2.45, 2.75) is 33.5 Å². The molecule has 6 heteroatoms. The highest BCUT2D eigenvalue weighted by Gasteiger charge is 2.17. The molecular weight excluding hydrogens is 284 g/mol. The average molecular weight is 306 g/mol. The summed E-state index contributed by atoms with van der Waals surface area (Å²) in [6, 6.07) is 4.86. The molecule has 0 unspecified atom stereocenters. The van der Waals surface area contributed by atoms with Gasteiger partial charge in [-0.15, -0.1) is 0 Å². The smallest absolute Gasteiger partial charge is 0.223 e. The lowest BCUT2D eigenvalue weighted by Gasteiger charge is -2.23. The lowest BCUT2D eigenvalue weighted by atomic mass is 10.2. The number of pyridine rings is 1. The number of aliphatic hydroxyl groups is 1. The van der Waals surface area contributed by atoms with E-state index in [1.54, 1.807) is 16.9 Å². The van der Waals surface area contributed by atoms with E-state index in [2.05, 4.69) is 4.90 Å². The van der Waals surface area contributed by atoms with Crippen LogP contribution in [0.15, 0.2) is 33.7 Å². The number of aromatic nitrogens is 1. The summed E-state index contributed by atoms with van der Waals surface area (Å²) in [4.78, 5) is 14.0. The Kier molecular flexibility index (Phi) is 5.41. The lowest BCUT2D eigenvalue weighted by molar-refractivity contribution is 0.256. The van der Waals surface area contributed by atoms with Gasteiger partial charge in [0.2, 0.25) is 5.43 Å². The van der Waals surface area contributed by atoms with Crippen LogP contribution in [0.5, 0.6) is 5.75 Å². The zero-order chi connectivity index (χ0) is 16.1. The van der Waals surface area contributed by atoms with Gasteiger partial charge >= 0.3 is 0 Å². The van der Waals surface area contributed by atoms with E-state index in [1.807, 2.05) is 19.9 Å². The van der Waals surface area contributed by atoms with E-state index in [0.717, 1.165) is 13.1 Å². The minimum atomic E-state index is -0.470. The maximum absolute atomic E-state index is 11.9. The molecule has 0 radical (unpaired) electrons. The van der Waals surface area contributed by atoms with Crippen molar-refractivity contribution in [2.24, 2.45) is 0 Å². The molecule has 2 heterocycles. The summed E-state index contributed by atoms with van der Waals surface area (Å²) >= 11 is 0. The molecule has 22 heavy (non-hydrogen) atoms. The molecule has 0 saturated carbocycles. The van der Waals surface area contributed by atoms with Gasteiger partial charge in [0.05, 0.1) is 25.1 Å². The predicted molar refractivity (Wildman–Crippen MR) is 82.7 cm³/mol. The van der Waals surface area contributed by atoms with Gasteiger partial charge in [-0.05, 0) is 25.2 Å². The maximum Gasteiger partial charge on any atom is 0.223 e. The minimum absolute atomic E-state index is 0.268. The van der Waals surface area contributed by atoms with Crippen LogP contribution in [0.4, 0.5) is 0 Å². The number of aliphatic hydroxyl groups excluding tert-OH is 1. The third-order valence-corrected chi connectivity index (χ3v) is 3.80. The van der Waals surface area contributed by atoms with Gasteiger partial charge in [-0.3, -0.25) is 9.69 Å². The molecule has 2 N–H and O–H groups in total. The van der Waals surface area contributed by atoms with Gasteiger partial charge in [0.25, 0.3) is 0 Å². The highest BCUT2D eigenvalue weighted by Crippen LogP contribution is 2.19. The first kappa shape index (κ1) is 16.3. The van der Waals surface area contributed by atoms with E-state index in [1.165, 1.54) is 6.07 Å². The van der Waals surface area contributed by atoms with Gasteiger partial charge < -0.3 is 19.2 Å². The first-order valence-corrected chi connectivity index (χ1v) is 7.40. The summed E-state index contributed by atoms with van der Waals surface area (Å²) in [5, 5.41) is 19.7. The predicted octanol–water partition coefficient (Wildman–Crippen LogP) is 1.53. The van der Waals surface area contributed by atoms with Crippen LogP contribution in [0.1, 0.15) is 31.0 Å². The second kappa shape index (κ2) is 7.29. The zero-order valence-electron chi connectivity index (χ0n) is 13.0.